The molecule has 0 aromatic carbocycles. The lowest BCUT2D eigenvalue weighted by atomic mass is 10.1. The summed E-state index contributed by atoms with van der Waals surface area (Å²) < 4.78 is 0. The predicted molar refractivity (Wildman–Crippen MR) is 48.9 cm³/mol. The van der Waals surface area contributed by atoms with Crippen LogP contribution in [0.25, 0.3) is 0 Å². The molecule has 62 valence electrons. The summed E-state index contributed by atoms with van der Waals surface area (Å²) in [5, 5.41) is 0. The summed E-state index contributed by atoms with van der Waals surface area (Å²) in [6, 6.07) is 0. The van der Waals surface area contributed by atoms with Crippen LogP contribution in [-0.2, 0) is 0 Å². The van der Waals surface area contributed by atoms with E-state index in [9.17, 15) is 0 Å². The van der Waals surface area contributed by atoms with E-state index < -0.39 is 0 Å². The number of hydrogen-bond donors (Lipinski definition) is 0. The Kier molecular flexibility index (Phi) is 8.13. The summed E-state index contributed by atoms with van der Waals surface area (Å²) in [5.41, 5.74) is 0. The van der Waals surface area contributed by atoms with Crippen molar-refractivity contribution in [3.05, 3.63) is 0 Å². The van der Waals surface area contributed by atoms with Crippen LogP contribution in [0, 0.1) is 0 Å². The number of unbranched alkanes of at least 4 members (excludes halogenated alkanes) is 4. The molecule has 2 heteroatoms. The lowest BCUT2D eigenvalue weighted by Crippen LogP contribution is -1.86. The minimum Gasteiger partial charge on any atom is -0.105 e. The van der Waals surface area contributed by atoms with Gasteiger partial charge < -0.3 is 0 Å². The Morgan fingerprint density at radius 2 is 1.60 bits per heavy atom. The largest absolute Gasteiger partial charge is 0.107 e. The molecule has 10 heavy (non-hydrogen) atoms. The molecular weight excluding hydrogens is 167 g/mol. The zero-order valence-corrected chi connectivity index (χ0v) is 8.09. The van der Waals surface area contributed by atoms with Crippen molar-refractivity contribution in [2.45, 2.75) is 50.3 Å². The van der Waals surface area contributed by atoms with Crippen molar-refractivity contribution in [2.75, 3.05) is 0 Å². The predicted octanol–water partition coefficient (Wildman–Crippen LogP) is 4.15. The van der Waals surface area contributed by atoms with Gasteiger partial charge in [-0.1, -0.05) is 39.0 Å². The van der Waals surface area contributed by atoms with E-state index in [2.05, 4.69) is 6.92 Å². The maximum Gasteiger partial charge on any atom is 0.107 e. The lowest BCUT2D eigenvalue weighted by Gasteiger charge is -1.99. The Hall–Kier alpha value is 0.580. The minimum absolute atomic E-state index is 0.151. The molecule has 0 heterocycles. The standard InChI is InChI=1S/C8H16Cl2/c1-2-3-4-5-6-7-8(9)10/h8H,2-7H2,1H3. The van der Waals surface area contributed by atoms with Crippen molar-refractivity contribution < 1.29 is 0 Å². The number of alkyl halides is 2. The highest BCUT2D eigenvalue weighted by Crippen LogP contribution is 2.13. The first-order valence-corrected chi connectivity index (χ1v) is 4.92. The second kappa shape index (κ2) is 7.68. The summed E-state index contributed by atoms with van der Waals surface area (Å²) in [4.78, 5) is -0.151. The maximum atomic E-state index is 5.56. The van der Waals surface area contributed by atoms with Crippen LogP contribution in [-0.4, -0.2) is 4.84 Å². The van der Waals surface area contributed by atoms with Crippen molar-refractivity contribution in [2.24, 2.45) is 0 Å². The molecule has 0 spiro atoms. The third-order valence-corrected chi connectivity index (χ3v) is 1.96. The van der Waals surface area contributed by atoms with E-state index >= 15 is 0 Å². The number of hydrogen-bond acceptors (Lipinski definition) is 0. The first-order valence-electron chi connectivity index (χ1n) is 4.05. The van der Waals surface area contributed by atoms with Crippen LogP contribution in [0.4, 0.5) is 0 Å². The Balaban J connectivity index is 2.77. The highest BCUT2D eigenvalue weighted by atomic mass is 35.5. The topological polar surface area (TPSA) is 0 Å². The highest BCUT2D eigenvalue weighted by Gasteiger charge is 1.96. The van der Waals surface area contributed by atoms with Crippen molar-refractivity contribution in [3.63, 3.8) is 0 Å². The fourth-order valence-electron chi connectivity index (χ4n) is 0.902. The molecular formula is C8H16Cl2. The smallest absolute Gasteiger partial charge is 0.105 e. The van der Waals surface area contributed by atoms with E-state index in [0.717, 1.165) is 6.42 Å². The van der Waals surface area contributed by atoms with Gasteiger partial charge in [0.05, 0.1) is 0 Å². The summed E-state index contributed by atoms with van der Waals surface area (Å²) in [7, 11) is 0. The first kappa shape index (κ1) is 10.6. The van der Waals surface area contributed by atoms with E-state index in [1.165, 1.54) is 32.1 Å². The Morgan fingerprint density at radius 1 is 1.00 bits per heavy atom. The van der Waals surface area contributed by atoms with E-state index in [1.807, 2.05) is 0 Å². The molecule has 0 radical (unpaired) electrons. The van der Waals surface area contributed by atoms with E-state index in [-0.39, 0.29) is 4.84 Å². The zero-order valence-electron chi connectivity index (χ0n) is 6.58. The van der Waals surface area contributed by atoms with Gasteiger partial charge in [0.2, 0.25) is 0 Å². The molecule has 0 saturated carbocycles. The molecule has 0 bridgehead atoms. The molecule has 0 atom stereocenters. The molecule has 0 amide bonds. The number of rotatable bonds is 6. The normalized spacial score (nSPS) is 10.8. The van der Waals surface area contributed by atoms with Gasteiger partial charge in [0, 0.05) is 0 Å². The summed E-state index contributed by atoms with van der Waals surface area (Å²) >= 11 is 11.1. The minimum atomic E-state index is -0.151. The van der Waals surface area contributed by atoms with Gasteiger partial charge in [-0.2, -0.15) is 0 Å². The van der Waals surface area contributed by atoms with E-state index in [1.54, 1.807) is 0 Å². The van der Waals surface area contributed by atoms with Crippen molar-refractivity contribution in [1.29, 1.82) is 0 Å². The molecule has 0 saturated heterocycles. The molecule has 0 aliphatic heterocycles. The maximum absolute atomic E-state index is 5.56. The Labute approximate surface area is 73.9 Å². The third-order valence-electron chi connectivity index (χ3n) is 1.53. The van der Waals surface area contributed by atoms with Gasteiger partial charge in [-0.25, -0.2) is 0 Å². The van der Waals surface area contributed by atoms with Crippen molar-refractivity contribution in [3.8, 4) is 0 Å². The Bertz CT molecular complexity index is 62.3. The number of halogens is 2. The fraction of sp³-hybridized carbons (Fsp3) is 1.00. The second-order valence-electron chi connectivity index (χ2n) is 2.59. The van der Waals surface area contributed by atoms with Crippen LogP contribution >= 0.6 is 23.2 Å². The Morgan fingerprint density at radius 3 is 2.10 bits per heavy atom. The molecule has 0 unspecified atom stereocenters. The molecule has 0 aliphatic rings. The van der Waals surface area contributed by atoms with Gasteiger partial charge in [-0.3, -0.25) is 0 Å². The molecule has 0 aromatic heterocycles. The van der Waals surface area contributed by atoms with Gasteiger partial charge in [-0.15, -0.1) is 23.2 Å². The van der Waals surface area contributed by atoms with Crippen LogP contribution in [0.3, 0.4) is 0 Å². The summed E-state index contributed by atoms with van der Waals surface area (Å²) in [6.45, 7) is 2.21. The summed E-state index contributed by atoms with van der Waals surface area (Å²) in [6.07, 6.45) is 7.38. The molecule has 0 aliphatic carbocycles. The van der Waals surface area contributed by atoms with E-state index in [0.29, 0.717) is 0 Å². The quantitative estimate of drug-likeness (QED) is 0.428. The van der Waals surface area contributed by atoms with E-state index in [4.69, 9.17) is 23.2 Å². The monoisotopic (exact) mass is 182 g/mol. The first-order chi connectivity index (χ1) is 4.77. The van der Waals surface area contributed by atoms with Crippen molar-refractivity contribution in [1.82, 2.24) is 0 Å². The van der Waals surface area contributed by atoms with Crippen LogP contribution in [0.1, 0.15) is 45.4 Å². The van der Waals surface area contributed by atoms with Crippen LogP contribution in [0.2, 0.25) is 0 Å². The zero-order chi connectivity index (χ0) is 7.82. The van der Waals surface area contributed by atoms with Gasteiger partial charge in [0.1, 0.15) is 4.84 Å². The SMILES string of the molecule is CCCCCCCC(Cl)Cl. The molecule has 0 rings (SSSR count). The molecule has 0 aromatic rings. The van der Waals surface area contributed by atoms with Crippen LogP contribution < -0.4 is 0 Å². The second-order valence-corrected chi connectivity index (χ2v) is 3.87. The van der Waals surface area contributed by atoms with Gasteiger partial charge in [0.25, 0.3) is 0 Å². The van der Waals surface area contributed by atoms with Gasteiger partial charge >= 0.3 is 0 Å². The third kappa shape index (κ3) is 8.58. The molecule has 0 N–H and O–H groups in total. The highest BCUT2D eigenvalue weighted by molar-refractivity contribution is 6.44. The van der Waals surface area contributed by atoms with Gasteiger partial charge in [-0.05, 0) is 6.42 Å². The van der Waals surface area contributed by atoms with Crippen LogP contribution in [0.5, 0.6) is 0 Å². The molecule has 0 nitrogen and oxygen atoms in total. The van der Waals surface area contributed by atoms with Crippen molar-refractivity contribution >= 4 is 23.2 Å². The average Bonchev–Trinajstić information content (AvgIpc) is 1.87. The fourth-order valence-corrected chi connectivity index (χ4v) is 1.21. The van der Waals surface area contributed by atoms with Gasteiger partial charge in [0.15, 0.2) is 0 Å². The molecule has 0 fully saturated rings. The lowest BCUT2D eigenvalue weighted by molar-refractivity contribution is 0.620. The average molecular weight is 183 g/mol. The summed E-state index contributed by atoms with van der Waals surface area (Å²) in [5.74, 6) is 0. The van der Waals surface area contributed by atoms with Crippen LogP contribution in [0.15, 0.2) is 0 Å².